The molecule has 0 radical (unpaired) electrons. The van der Waals surface area contributed by atoms with E-state index < -0.39 is 0 Å². The van der Waals surface area contributed by atoms with Crippen molar-refractivity contribution in [3.05, 3.63) is 29.8 Å². The number of rotatable bonds is 5. The van der Waals surface area contributed by atoms with E-state index in [2.05, 4.69) is 16.1 Å². The summed E-state index contributed by atoms with van der Waals surface area (Å²) >= 11 is 0. The van der Waals surface area contributed by atoms with Crippen molar-refractivity contribution in [1.82, 2.24) is 5.32 Å². The average molecular weight is 249 g/mol. The monoisotopic (exact) mass is 249 g/mol. The van der Waals surface area contributed by atoms with Crippen molar-refractivity contribution in [1.29, 1.82) is 0 Å². The Morgan fingerprint density at radius 3 is 3.17 bits per heavy atom. The van der Waals surface area contributed by atoms with Crippen LogP contribution in [-0.4, -0.2) is 26.2 Å². The molecule has 0 fully saturated rings. The van der Waals surface area contributed by atoms with Crippen LogP contribution >= 0.6 is 0 Å². The summed E-state index contributed by atoms with van der Waals surface area (Å²) < 4.78 is 10.2. The topological polar surface area (TPSA) is 47.6 Å². The van der Waals surface area contributed by atoms with Crippen LogP contribution in [0.2, 0.25) is 0 Å². The third-order valence-corrected chi connectivity index (χ3v) is 3.13. The molecule has 0 aromatic heterocycles. The summed E-state index contributed by atoms with van der Waals surface area (Å²) in [4.78, 5) is 11.0. The highest BCUT2D eigenvalue weighted by molar-refractivity contribution is 5.69. The minimum Gasteiger partial charge on any atom is -0.493 e. The molecular weight excluding hydrogens is 230 g/mol. The van der Waals surface area contributed by atoms with Crippen LogP contribution in [0.25, 0.3) is 0 Å². The number of esters is 1. The van der Waals surface area contributed by atoms with E-state index in [1.807, 2.05) is 18.2 Å². The molecule has 0 aliphatic carbocycles. The normalized spacial score (nSPS) is 17.7. The van der Waals surface area contributed by atoms with Crippen molar-refractivity contribution in [2.24, 2.45) is 0 Å². The lowest BCUT2D eigenvalue weighted by Crippen LogP contribution is -2.28. The van der Waals surface area contributed by atoms with Crippen molar-refractivity contribution in [3.63, 3.8) is 0 Å². The molecule has 1 N–H and O–H groups in total. The molecule has 0 amide bonds. The van der Waals surface area contributed by atoms with E-state index in [-0.39, 0.29) is 5.97 Å². The number of methoxy groups -OCH3 is 1. The Hall–Kier alpha value is -1.55. The summed E-state index contributed by atoms with van der Waals surface area (Å²) in [6.07, 6.45) is 2.23. The van der Waals surface area contributed by atoms with Crippen molar-refractivity contribution >= 4 is 5.97 Å². The Morgan fingerprint density at radius 1 is 1.50 bits per heavy atom. The maximum Gasteiger partial charge on any atom is 0.305 e. The molecule has 1 aliphatic rings. The molecule has 1 aliphatic heterocycles. The number of nitrogens with one attached hydrogen (secondary N) is 1. The van der Waals surface area contributed by atoms with E-state index in [1.165, 1.54) is 12.7 Å². The zero-order valence-corrected chi connectivity index (χ0v) is 10.6. The molecule has 0 saturated carbocycles. The van der Waals surface area contributed by atoms with Gasteiger partial charge in [-0.2, -0.15) is 0 Å². The predicted molar refractivity (Wildman–Crippen MR) is 68.5 cm³/mol. The molecule has 1 atom stereocenters. The van der Waals surface area contributed by atoms with Gasteiger partial charge in [0.25, 0.3) is 0 Å². The smallest absolute Gasteiger partial charge is 0.305 e. The van der Waals surface area contributed by atoms with Gasteiger partial charge in [-0.25, -0.2) is 0 Å². The number of carbonyl (C=O) groups is 1. The van der Waals surface area contributed by atoms with Gasteiger partial charge in [-0.15, -0.1) is 0 Å². The molecule has 0 saturated heterocycles. The first kappa shape index (κ1) is 12.9. The second kappa shape index (κ2) is 6.40. The van der Waals surface area contributed by atoms with E-state index in [4.69, 9.17) is 4.74 Å². The third kappa shape index (κ3) is 3.23. The van der Waals surface area contributed by atoms with Crippen LogP contribution in [0.1, 0.15) is 30.9 Å². The van der Waals surface area contributed by atoms with E-state index >= 15 is 0 Å². The van der Waals surface area contributed by atoms with E-state index in [0.717, 1.165) is 31.7 Å². The maximum atomic E-state index is 11.0. The maximum absolute atomic E-state index is 11.0. The summed E-state index contributed by atoms with van der Waals surface area (Å²) in [6, 6.07) is 8.42. The highest BCUT2D eigenvalue weighted by Crippen LogP contribution is 2.31. The molecule has 18 heavy (non-hydrogen) atoms. The Kier molecular flexibility index (Phi) is 4.59. The lowest BCUT2D eigenvalue weighted by Gasteiger charge is -2.26. The van der Waals surface area contributed by atoms with Crippen LogP contribution in [0.5, 0.6) is 5.75 Å². The molecule has 1 aromatic rings. The SMILES string of the molecule is COC(=O)CCCNC1CCOc2ccccc21. The van der Waals surface area contributed by atoms with Crippen LogP contribution in [0.4, 0.5) is 0 Å². The Morgan fingerprint density at radius 2 is 2.33 bits per heavy atom. The van der Waals surface area contributed by atoms with Gasteiger partial charge in [0.05, 0.1) is 13.7 Å². The number of hydrogen-bond acceptors (Lipinski definition) is 4. The Bertz CT molecular complexity index is 406. The molecule has 1 unspecified atom stereocenters. The number of carbonyl (C=O) groups excluding carboxylic acids is 1. The van der Waals surface area contributed by atoms with E-state index in [1.54, 1.807) is 0 Å². The van der Waals surface area contributed by atoms with Gasteiger partial charge in [-0.1, -0.05) is 18.2 Å². The van der Waals surface area contributed by atoms with Gasteiger partial charge in [-0.05, 0) is 19.0 Å². The number of benzene rings is 1. The highest BCUT2D eigenvalue weighted by Gasteiger charge is 2.19. The predicted octanol–water partition coefficient (Wildman–Crippen LogP) is 2.05. The van der Waals surface area contributed by atoms with Crippen molar-refractivity contribution in [3.8, 4) is 5.75 Å². The zero-order valence-electron chi connectivity index (χ0n) is 10.6. The summed E-state index contributed by atoms with van der Waals surface area (Å²) in [5.41, 5.74) is 1.21. The molecular formula is C14H19NO3. The quantitative estimate of drug-likeness (QED) is 0.641. The number of hydrogen-bond donors (Lipinski definition) is 1. The lowest BCUT2D eigenvalue weighted by molar-refractivity contribution is -0.140. The standard InChI is InChI=1S/C14H19NO3/c1-17-14(16)7-4-9-15-12-8-10-18-13-6-3-2-5-11(12)13/h2-3,5-6,12,15H,4,7-10H2,1H3. The highest BCUT2D eigenvalue weighted by atomic mass is 16.5. The number of para-hydroxylation sites is 1. The largest absolute Gasteiger partial charge is 0.493 e. The molecule has 1 aromatic carbocycles. The van der Waals surface area contributed by atoms with Crippen LogP contribution in [0.15, 0.2) is 24.3 Å². The fourth-order valence-corrected chi connectivity index (χ4v) is 2.17. The molecule has 98 valence electrons. The molecule has 0 bridgehead atoms. The van der Waals surface area contributed by atoms with Crippen LogP contribution in [0, 0.1) is 0 Å². The first-order chi connectivity index (χ1) is 8.81. The molecule has 4 nitrogen and oxygen atoms in total. The van der Waals surface area contributed by atoms with Gasteiger partial charge in [0.2, 0.25) is 0 Å². The van der Waals surface area contributed by atoms with Gasteiger partial charge in [0.15, 0.2) is 0 Å². The van der Waals surface area contributed by atoms with E-state index in [9.17, 15) is 4.79 Å². The van der Waals surface area contributed by atoms with Gasteiger partial charge in [0, 0.05) is 24.4 Å². The van der Waals surface area contributed by atoms with E-state index in [0.29, 0.717) is 12.5 Å². The first-order valence-corrected chi connectivity index (χ1v) is 6.33. The van der Waals surface area contributed by atoms with Crippen molar-refractivity contribution < 1.29 is 14.3 Å². The first-order valence-electron chi connectivity index (χ1n) is 6.33. The summed E-state index contributed by atoms with van der Waals surface area (Å²) in [6.45, 7) is 1.56. The molecule has 4 heteroatoms. The molecule has 0 spiro atoms. The van der Waals surface area contributed by atoms with Crippen LogP contribution in [-0.2, 0) is 9.53 Å². The molecule has 2 rings (SSSR count). The van der Waals surface area contributed by atoms with Crippen molar-refractivity contribution in [2.45, 2.75) is 25.3 Å². The third-order valence-electron chi connectivity index (χ3n) is 3.13. The van der Waals surface area contributed by atoms with Gasteiger partial charge in [-0.3, -0.25) is 4.79 Å². The second-order valence-corrected chi connectivity index (χ2v) is 4.36. The fraction of sp³-hybridized carbons (Fsp3) is 0.500. The minimum atomic E-state index is -0.149. The van der Waals surface area contributed by atoms with Gasteiger partial charge < -0.3 is 14.8 Å². The number of fused-ring (bicyclic) bond motifs is 1. The minimum absolute atomic E-state index is 0.149. The summed E-state index contributed by atoms with van der Waals surface area (Å²) in [5, 5.41) is 3.47. The number of ether oxygens (including phenoxy) is 2. The van der Waals surface area contributed by atoms with Crippen molar-refractivity contribution in [2.75, 3.05) is 20.3 Å². The van der Waals surface area contributed by atoms with Gasteiger partial charge in [0.1, 0.15) is 5.75 Å². The molecule has 1 heterocycles. The average Bonchev–Trinajstić information content (AvgIpc) is 2.43. The summed E-state index contributed by atoms with van der Waals surface area (Å²) in [7, 11) is 1.42. The Balaban J connectivity index is 1.82. The fourth-order valence-electron chi connectivity index (χ4n) is 2.17. The Labute approximate surface area is 107 Å². The summed E-state index contributed by atoms with van der Waals surface area (Å²) in [5.74, 6) is 0.818. The van der Waals surface area contributed by atoms with Gasteiger partial charge >= 0.3 is 5.97 Å². The van der Waals surface area contributed by atoms with Crippen LogP contribution < -0.4 is 10.1 Å². The lowest BCUT2D eigenvalue weighted by atomic mass is 10.0. The zero-order chi connectivity index (χ0) is 12.8. The van der Waals surface area contributed by atoms with Crippen LogP contribution in [0.3, 0.4) is 0 Å². The second-order valence-electron chi connectivity index (χ2n) is 4.36.